The van der Waals surface area contributed by atoms with E-state index in [0.717, 1.165) is 9.13 Å². The number of benzene rings is 5. The van der Waals surface area contributed by atoms with Crippen molar-refractivity contribution in [3.05, 3.63) is 252 Å². The second kappa shape index (κ2) is 35.3. The molecular weight excluding hydrogens is 1500 g/mol. The fourth-order valence-electron chi connectivity index (χ4n) is 13.4. The molecule has 576 valence electrons. The van der Waals surface area contributed by atoms with Crippen molar-refractivity contribution >= 4 is 47.4 Å². The van der Waals surface area contributed by atoms with Crippen molar-refractivity contribution in [2.75, 3.05) is 34.0 Å². The maximum absolute atomic E-state index is 16.5. The summed E-state index contributed by atoms with van der Waals surface area (Å²) in [4.78, 5) is 100. The summed E-state index contributed by atoms with van der Waals surface area (Å²) < 4.78 is 122. The lowest BCUT2D eigenvalue weighted by Crippen LogP contribution is -2.47. The van der Waals surface area contributed by atoms with Crippen molar-refractivity contribution in [3.63, 3.8) is 0 Å². The molecule has 3 saturated heterocycles. The number of nitrogens with one attached hydrogen (secondary N) is 3. The Morgan fingerprint density at radius 2 is 1.08 bits per heavy atom. The Labute approximate surface area is 631 Å². The molecule has 0 amide bonds. The SMILES string of the molecule is COc1ccc(C(OC[C@@H]2O[C@@H](n3cc(C)c(=O)[nH]c3=O)C[C@@H]2C(OP(=O)(O)Oc2ccccc2Cl)[C@@H]2O[C@@H](n3cc(C)c(=O)[nH]c3=O)C[C@@H]2OP(=O)(OCC[C@H]2O[C@@H](n3cc(C)c(=O)[nH]c3=O)C[C@@H]2OP(OCCC#N)N(C(C)C)C(C)C)Oc2ccccc2Cl)(c2ccccc2)c2ccc(OC)cc2)cc1. The molecule has 0 aliphatic carbocycles. The van der Waals surface area contributed by atoms with Gasteiger partial charge in [0, 0.05) is 79.0 Å². The lowest BCUT2D eigenvalue weighted by molar-refractivity contribution is -0.124. The van der Waals surface area contributed by atoms with Crippen LogP contribution >= 0.6 is 47.4 Å². The molecule has 0 radical (unpaired) electrons. The highest BCUT2D eigenvalue weighted by atomic mass is 35.5. The van der Waals surface area contributed by atoms with Gasteiger partial charge in [-0.1, -0.05) is 102 Å². The smallest absolute Gasteiger partial charge is 0.497 e. The lowest BCUT2D eigenvalue weighted by Gasteiger charge is -2.39. The minimum absolute atomic E-state index is 0.00237. The van der Waals surface area contributed by atoms with Crippen molar-refractivity contribution in [1.82, 2.24) is 33.3 Å². The molecule has 30 nitrogen and oxygen atoms in total. The van der Waals surface area contributed by atoms with Crippen molar-refractivity contribution in [2.45, 2.75) is 154 Å². The number of hydrogen-bond acceptors (Lipinski definition) is 23. The Morgan fingerprint density at radius 3 is 1.58 bits per heavy atom. The number of para-hydroxylation sites is 2. The van der Waals surface area contributed by atoms with Crippen LogP contribution in [0.3, 0.4) is 0 Å². The van der Waals surface area contributed by atoms with Crippen LogP contribution in [0.25, 0.3) is 0 Å². The first-order valence-electron chi connectivity index (χ1n) is 34.6. The number of methoxy groups -OCH3 is 2. The number of halogens is 2. The van der Waals surface area contributed by atoms with E-state index >= 15 is 9.13 Å². The molecule has 0 saturated carbocycles. The third-order valence-corrected chi connectivity index (χ3v) is 23.7. The van der Waals surface area contributed by atoms with E-state index < -0.39 is 144 Å². The van der Waals surface area contributed by atoms with E-state index in [1.54, 1.807) is 36.4 Å². The first-order valence-corrected chi connectivity index (χ1v) is 39.4. The highest BCUT2D eigenvalue weighted by Crippen LogP contribution is 2.59. The molecule has 3 fully saturated rings. The highest BCUT2D eigenvalue weighted by molar-refractivity contribution is 7.49. The first kappa shape index (κ1) is 80.9. The number of aromatic nitrogens is 6. The first-order chi connectivity index (χ1) is 51.6. The van der Waals surface area contributed by atoms with Gasteiger partial charge >= 0.3 is 32.7 Å². The monoisotopic (exact) mass is 1590 g/mol. The number of phosphoric acid groups is 2. The van der Waals surface area contributed by atoms with E-state index in [1.807, 2.05) is 87.0 Å². The van der Waals surface area contributed by atoms with Crippen LogP contribution in [-0.2, 0) is 56.3 Å². The Bertz CT molecular complexity index is 4930. The quantitative estimate of drug-likeness (QED) is 0.0169. The molecule has 3 aliphatic heterocycles. The summed E-state index contributed by atoms with van der Waals surface area (Å²) in [5.41, 5.74) is -4.22. The Kier molecular flexibility index (Phi) is 26.4. The van der Waals surface area contributed by atoms with Crippen LogP contribution in [0.5, 0.6) is 23.0 Å². The molecule has 4 N–H and O–H groups in total. The summed E-state index contributed by atoms with van der Waals surface area (Å²) in [6.45, 7) is 11.2. The summed E-state index contributed by atoms with van der Waals surface area (Å²) in [5.74, 6) is -0.891. The number of aryl methyl sites for hydroxylation is 3. The Morgan fingerprint density at radius 1 is 0.620 bits per heavy atom. The van der Waals surface area contributed by atoms with Crippen LogP contribution in [0.4, 0.5) is 0 Å². The molecule has 3 aromatic heterocycles. The summed E-state index contributed by atoms with van der Waals surface area (Å²) in [7, 11) is -9.88. The number of hydrogen-bond donors (Lipinski definition) is 4. The average Bonchev–Trinajstić information content (AvgIpc) is 0.953. The van der Waals surface area contributed by atoms with E-state index in [2.05, 4.69) is 21.0 Å². The topological polar surface area (TPSA) is 366 Å². The fourth-order valence-corrected chi connectivity index (χ4v) is 18.0. The number of aromatic amines is 3. The Balaban J connectivity index is 1.05. The van der Waals surface area contributed by atoms with Gasteiger partial charge in [-0.25, -0.2) is 28.2 Å². The maximum atomic E-state index is 16.5. The van der Waals surface area contributed by atoms with Gasteiger partial charge in [-0.3, -0.25) is 61.5 Å². The van der Waals surface area contributed by atoms with E-state index in [0.29, 0.717) is 28.2 Å². The van der Waals surface area contributed by atoms with Gasteiger partial charge in [0.1, 0.15) is 65.6 Å². The minimum Gasteiger partial charge on any atom is -0.497 e. The normalized spacial score (nSPS) is 21.9. The second-order valence-corrected chi connectivity index (χ2v) is 31.5. The van der Waals surface area contributed by atoms with Crippen LogP contribution in [0, 0.1) is 38.0 Å². The van der Waals surface area contributed by atoms with Gasteiger partial charge in [-0.15, -0.1) is 0 Å². The van der Waals surface area contributed by atoms with Crippen LogP contribution in [-0.4, -0.2) is 121 Å². The van der Waals surface area contributed by atoms with Crippen molar-refractivity contribution in [1.29, 1.82) is 5.26 Å². The molecule has 11 rings (SSSR count). The average molecular weight is 1590 g/mol. The van der Waals surface area contributed by atoms with Crippen molar-refractivity contribution in [3.8, 4) is 29.1 Å². The van der Waals surface area contributed by atoms with Gasteiger partial charge in [-0.05, 0) is 114 Å². The minimum atomic E-state index is -5.63. The molecule has 13 atom stereocenters. The molecule has 0 spiro atoms. The van der Waals surface area contributed by atoms with Crippen LogP contribution < -0.4 is 52.3 Å². The predicted molar refractivity (Wildman–Crippen MR) is 398 cm³/mol. The van der Waals surface area contributed by atoms with Gasteiger partial charge in [0.05, 0.1) is 74.9 Å². The van der Waals surface area contributed by atoms with Crippen LogP contribution in [0.1, 0.15) is 112 Å². The summed E-state index contributed by atoms with van der Waals surface area (Å²) in [5, 5.41) is 9.39. The van der Waals surface area contributed by atoms with Gasteiger partial charge in [0.25, 0.3) is 25.2 Å². The largest absolute Gasteiger partial charge is 0.530 e. The molecule has 0 bridgehead atoms. The predicted octanol–water partition coefficient (Wildman–Crippen LogP) is 11.6. The lowest BCUT2D eigenvalue weighted by atomic mass is 9.79. The molecular formula is C73H83Cl2N8O22P3. The molecule has 8 aromatic rings. The third-order valence-electron chi connectivity index (χ3n) is 18.5. The number of ether oxygens (including phenoxy) is 6. The van der Waals surface area contributed by atoms with Gasteiger partial charge < -0.3 is 46.5 Å². The molecule has 35 heteroatoms. The number of rotatable bonds is 33. The zero-order valence-electron chi connectivity index (χ0n) is 60.3. The standard InChI is InChI=1S/C73H83Cl2N8O22P3/c1-43(2)83(44(3)4)106(96-34-17-33-76)101-59-37-63(81-40-46(6)68(85)78-71(81)88)98-58(59)32-35-97-108(92,103-57-23-16-14-21-55(57)75)104-60-38-64(82-41-47(7)69(86)79-72(82)89)100-66(60)65(105-107(90,91)102-56-22-15-13-20-54(56)74)53-36-62(80-39-45(5)67(84)77-70(80)87)99-61(53)42-95-73(48-18-11-10-12-19-48,49-24-28-51(93-8)29-25-49)50-26-30-52(94-9)31-27-50/h10-16,18-31,39-41,43-44,53,58-66H,17,32,34-38,42H2,1-9H3,(H,90,91)(H,77,84,87)(H,78,85,88)(H,79,86,89)/t53-,58+,59-,60-,61-,62+,63+,64+,65?,66+,106?,108?/m0/s1. The summed E-state index contributed by atoms with van der Waals surface area (Å²) in [6.07, 6.45) is -10.2. The molecule has 108 heavy (non-hydrogen) atoms. The Hall–Kier alpha value is -8.14. The maximum Gasteiger partial charge on any atom is 0.530 e. The molecule has 6 heterocycles. The van der Waals surface area contributed by atoms with Gasteiger partial charge in [-0.2, -0.15) is 5.26 Å². The van der Waals surface area contributed by atoms with Gasteiger partial charge in [0.15, 0.2) is 0 Å². The van der Waals surface area contributed by atoms with Gasteiger partial charge in [0.2, 0.25) is 0 Å². The summed E-state index contributed by atoms with van der Waals surface area (Å²) in [6, 6.07) is 37.0. The van der Waals surface area contributed by atoms with E-state index in [9.17, 15) is 38.9 Å². The molecule has 5 aromatic carbocycles. The summed E-state index contributed by atoms with van der Waals surface area (Å²) >= 11 is 13.4. The van der Waals surface area contributed by atoms with E-state index in [-0.39, 0.29) is 82.6 Å². The van der Waals surface area contributed by atoms with Crippen LogP contribution in [0.2, 0.25) is 10.0 Å². The van der Waals surface area contributed by atoms with E-state index in [1.165, 1.54) is 94.5 Å². The number of nitriles is 1. The van der Waals surface area contributed by atoms with Crippen molar-refractivity contribution < 1.29 is 74.1 Å². The number of H-pyrrole nitrogens is 3. The zero-order chi connectivity index (χ0) is 77.4. The number of phosphoric ester groups is 2. The van der Waals surface area contributed by atoms with Crippen molar-refractivity contribution in [2.24, 2.45) is 5.92 Å². The zero-order valence-corrected chi connectivity index (χ0v) is 64.5. The van der Waals surface area contributed by atoms with Crippen LogP contribution in [0.15, 0.2) is 175 Å². The third kappa shape index (κ3) is 18.7. The number of nitrogens with zero attached hydrogens (tertiary/aromatic N) is 5. The second-order valence-electron chi connectivity index (χ2n) is 26.4. The molecule has 3 aliphatic rings. The fraction of sp³-hybridized carbons (Fsp3) is 0.411. The highest BCUT2D eigenvalue weighted by Gasteiger charge is 2.56. The van der Waals surface area contributed by atoms with E-state index in [4.69, 9.17) is 83.3 Å². The molecule has 4 unspecified atom stereocenters.